The molecule has 0 fully saturated rings. The van der Waals surface area contributed by atoms with Crippen molar-refractivity contribution in [3.63, 3.8) is 0 Å². The number of rotatable bonds is 4. The Morgan fingerprint density at radius 3 is 2.32 bits per heavy atom. The molecule has 0 saturated carbocycles. The smallest absolute Gasteiger partial charge is 0.251 e. The van der Waals surface area contributed by atoms with E-state index in [1.54, 1.807) is 30.3 Å². The SMILES string of the molecule is COc1cc(C2=C[C@H](c3ccc(O)c(OC)c3)CNC2=O)ccc1O. The molecule has 2 aromatic rings. The summed E-state index contributed by atoms with van der Waals surface area (Å²) in [7, 11) is 2.95. The van der Waals surface area contributed by atoms with Crippen molar-refractivity contribution in [2.45, 2.75) is 5.92 Å². The first kappa shape index (κ1) is 16.7. The highest BCUT2D eigenvalue weighted by molar-refractivity contribution is 6.20. The van der Waals surface area contributed by atoms with Crippen molar-refractivity contribution in [2.75, 3.05) is 20.8 Å². The number of carbonyl (C=O) groups excluding carboxylic acids is 1. The van der Waals surface area contributed by atoms with E-state index >= 15 is 0 Å². The summed E-state index contributed by atoms with van der Waals surface area (Å²) in [6, 6.07) is 9.91. The van der Waals surface area contributed by atoms with Crippen LogP contribution in [0.3, 0.4) is 0 Å². The first-order valence-electron chi connectivity index (χ1n) is 7.77. The minimum absolute atomic E-state index is 0.0166. The predicted octanol–water partition coefficient (Wildman–Crippen LogP) is 2.41. The van der Waals surface area contributed by atoms with Gasteiger partial charge in [-0.25, -0.2) is 0 Å². The van der Waals surface area contributed by atoms with Gasteiger partial charge in [0, 0.05) is 18.0 Å². The average Bonchev–Trinajstić information content (AvgIpc) is 2.63. The highest BCUT2D eigenvalue weighted by Gasteiger charge is 2.23. The molecule has 25 heavy (non-hydrogen) atoms. The molecule has 1 aliphatic heterocycles. The van der Waals surface area contributed by atoms with Gasteiger partial charge in [0.15, 0.2) is 23.0 Å². The summed E-state index contributed by atoms with van der Waals surface area (Å²) in [5.41, 5.74) is 2.07. The first-order valence-corrected chi connectivity index (χ1v) is 7.77. The number of hydrogen-bond donors (Lipinski definition) is 3. The van der Waals surface area contributed by atoms with Crippen LogP contribution in [0, 0.1) is 0 Å². The van der Waals surface area contributed by atoms with Crippen LogP contribution < -0.4 is 14.8 Å². The number of amides is 1. The van der Waals surface area contributed by atoms with Gasteiger partial charge < -0.3 is 25.0 Å². The molecular weight excluding hydrogens is 322 g/mol. The number of benzene rings is 2. The van der Waals surface area contributed by atoms with E-state index in [0.29, 0.717) is 29.2 Å². The third-order valence-electron chi connectivity index (χ3n) is 4.22. The lowest BCUT2D eigenvalue weighted by Gasteiger charge is -2.23. The van der Waals surface area contributed by atoms with Crippen molar-refractivity contribution in [3.05, 3.63) is 53.6 Å². The van der Waals surface area contributed by atoms with Crippen molar-refractivity contribution in [3.8, 4) is 23.0 Å². The number of aromatic hydroxyl groups is 2. The van der Waals surface area contributed by atoms with Crippen LogP contribution in [0.15, 0.2) is 42.5 Å². The molecule has 6 heteroatoms. The Bertz CT molecular complexity index is 844. The molecule has 0 aliphatic carbocycles. The lowest BCUT2D eigenvalue weighted by atomic mass is 9.90. The highest BCUT2D eigenvalue weighted by atomic mass is 16.5. The molecule has 3 rings (SSSR count). The van der Waals surface area contributed by atoms with Crippen molar-refractivity contribution in [1.29, 1.82) is 0 Å². The first-order chi connectivity index (χ1) is 12.0. The van der Waals surface area contributed by atoms with Gasteiger partial charge in [-0.05, 0) is 35.4 Å². The third-order valence-corrected chi connectivity index (χ3v) is 4.22. The topological polar surface area (TPSA) is 88.0 Å². The van der Waals surface area contributed by atoms with Gasteiger partial charge >= 0.3 is 0 Å². The van der Waals surface area contributed by atoms with Crippen LogP contribution in [-0.2, 0) is 4.79 Å². The van der Waals surface area contributed by atoms with Gasteiger partial charge in [-0.15, -0.1) is 0 Å². The Morgan fingerprint density at radius 1 is 1.00 bits per heavy atom. The van der Waals surface area contributed by atoms with Gasteiger partial charge in [0.2, 0.25) is 0 Å². The maximum absolute atomic E-state index is 12.3. The number of nitrogens with one attached hydrogen (secondary N) is 1. The summed E-state index contributed by atoms with van der Waals surface area (Å²) in [6.07, 6.45) is 1.87. The van der Waals surface area contributed by atoms with Gasteiger partial charge in [0.05, 0.1) is 14.2 Å². The fraction of sp³-hybridized carbons (Fsp3) is 0.211. The number of hydrogen-bond acceptors (Lipinski definition) is 5. The van der Waals surface area contributed by atoms with Crippen LogP contribution in [0.5, 0.6) is 23.0 Å². The minimum atomic E-state index is -0.185. The van der Waals surface area contributed by atoms with Crippen LogP contribution in [-0.4, -0.2) is 36.9 Å². The van der Waals surface area contributed by atoms with Crippen molar-refractivity contribution < 1.29 is 24.5 Å². The number of ether oxygens (including phenoxy) is 2. The fourth-order valence-corrected chi connectivity index (χ4v) is 2.85. The molecule has 2 aromatic carbocycles. The summed E-state index contributed by atoms with van der Waals surface area (Å²) in [6.45, 7) is 0.450. The molecule has 3 N–H and O–H groups in total. The standard InChI is InChI=1S/C19H19NO5/c1-24-17-8-11(3-5-15(17)21)13-7-14(19(23)20-10-13)12-4-6-16(22)18(9-12)25-2/h3-9,13,21-22H,10H2,1-2H3,(H,20,23)/t13-/m0/s1. The predicted molar refractivity (Wildman–Crippen MR) is 93.0 cm³/mol. The van der Waals surface area contributed by atoms with E-state index in [1.165, 1.54) is 20.3 Å². The molecule has 1 heterocycles. The van der Waals surface area contributed by atoms with Crippen molar-refractivity contribution in [1.82, 2.24) is 5.32 Å². The summed E-state index contributed by atoms with van der Waals surface area (Å²) in [5.74, 6) is 0.522. The maximum Gasteiger partial charge on any atom is 0.251 e. The Kier molecular flexibility index (Phi) is 4.52. The Morgan fingerprint density at radius 2 is 1.64 bits per heavy atom. The lowest BCUT2D eigenvalue weighted by Crippen LogP contribution is -2.33. The molecule has 0 radical (unpaired) electrons. The number of phenols is 2. The van der Waals surface area contributed by atoms with Gasteiger partial charge in [-0.3, -0.25) is 4.79 Å². The van der Waals surface area contributed by atoms with Crippen LogP contribution in [0.2, 0.25) is 0 Å². The van der Waals surface area contributed by atoms with E-state index in [9.17, 15) is 15.0 Å². The Labute approximate surface area is 145 Å². The lowest BCUT2D eigenvalue weighted by molar-refractivity contribution is -0.115. The van der Waals surface area contributed by atoms with Crippen LogP contribution in [0.4, 0.5) is 0 Å². The monoisotopic (exact) mass is 341 g/mol. The number of phenolic OH excluding ortho intramolecular Hbond substituents is 2. The molecule has 1 aliphatic rings. The van der Waals surface area contributed by atoms with E-state index in [2.05, 4.69) is 5.32 Å². The largest absolute Gasteiger partial charge is 0.504 e. The van der Waals surface area contributed by atoms with Gasteiger partial charge in [0.25, 0.3) is 5.91 Å². The molecule has 130 valence electrons. The zero-order valence-electron chi connectivity index (χ0n) is 13.9. The van der Waals surface area contributed by atoms with E-state index in [-0.39, 0.29) is 23.3 Å². The van der Waals surface area contributed by atoms with E-state index in [0.717, 1.165) is 5.56 Å². The van der Waals surface area contributed by atoms with Gasteiger partial charge in [-0.1, -0.05) is 18.2 Å². The Balaban J connectivity index is 2.00. The third kappa shape index (κ3) is 3.24. The van der Waals surface area contributed by atoms with Crippen molar-refractivity contribution in [2.24, 2.45) is 0 Å². The molecule has 0 unspecified atom stereocenters. The summed E-state index contributed by atoms with van der Waals surface area (Å²) in [4.78, 5) is 12.3. The normalized spacial score (nSPS) is 16.8. The quantitative estimate of drug-likeness (QED) is 0.795. The van der Waals surface area contributed by atoms with Crippen LogP contribution >= 0.6 is 0 Å². The van der Waals surface area contributed by atoms with E-state index in [4.69, 9.17) is 9.47 Å². The van der Waals surface area contributed by atoms with Crippen LogP contribution in [0.1, 0.15) is 17.0 Å². The molecule has 6 nitrogen and oxygen atoms in total. The molecular formula is C19H19NO5. The van der Waals surface area contributed by atoms with E-state index in [1.807, 2.05) is 6.08 Å². The summed E-state index contributed by atoms with van der Waals surface area (Å²) in [5, 5.41) is 22.3. The zero-order chi connectivity index (χ0) is 18.0. The second kappa shape index (κ2) is 6.76. The molecule has 0 bridgehead atoms. The maximum atomic E-state index is 12.3. The van der Waals surface area contributed by atoms with Gasteiger partial charge in [-0.2, -0.15) is 0 Å². The number of carbonyl (C=O) groups is 1. The minimum Gasteiger partial charge on any atom is -0.504 e. The summed E-state index contributed by atoms with van der Waals surface area (Å²) < 4.78 is 10.3. The van der Waals surface area contributed by atoms with Crippen molar-refractivity contribution >= 4 is 11.5 Å². The molecule has 0 spiro atoms. The summed E-state index contributed by atoms with van der Waals surface area (Å²) >= 11 is 0. The Hall–Kier alpha value is -3.15. The molecule has 0 aromatic heterocycles. The average molecular weight is 341 g/mol. The molecule has 0 saturated heterocycles. The highest BCUT2D eigenvalue weighted by Crippen LogP contribution is 2.35. The second-order valence-electron chi connectivity index (χ2n) is 5.71. The fourth-order valence-electron chi connectivity index (χ4n) is 2.85. The van der Waals surface area contributed by atoms with Crippen LogP contribution in [0.25, 0.3) is 5.57 Å². The van der Waals surface area contributed by atoms with E-state index < -0.39 is 0 Å². The second-order valence-corrected chi connectivity index (χ2v) is 5.71. The van der Waals surface area contributed by atoms with Gasteiger partial charge in [0.1, 0.15) is 0 Å². The molecule has 1 amide bonds. The molecule has 1 atom stereocenters. The zero-order valence-corrected chi connectivity index (χ0v) is 13.9. The number of methoxy groups -OCH3 is 2.